The molecule has 0 saturated heterocycles. The van der Waals surface area contributed by atoms with E-state index in [0.29, 0.717) is 10.7 Å². The first-order chi connectivity index (χ1) is 9.65. The molecule has 1 aromatic carbocycles. The molecule has 1 aliphatic carbocycles. The van der Waals surface area contributed by atoms with Crippen LogP contribution in [0.3, 0.4) is 0 Å². The number of nitrogens with one attached hydrogen (secondary N) is 2. The number of aryl methyl sites for hydroxylation is 2. The lowest BCUT2D eigenvalue weighted by Crippen LogP contribution is -2.24. The highest BCUT2D eigenvalue weighted by molar-refractivity contribution is 6.33. The van der Waals surface area contributed by atoms with E-state index in [1.807, 2.05) is 0 Å². The van der Waals surface area contributed by atoms with Crippen molar-refractivity contribution >= 4 is 23.2 Å². The summed E-state index contributed by atoms with van der Waals surface area (Å²) in [6.45, 7) is 0. The van der Waals surface area contributed by atoms with Crippen LogP contribution in [-0.2, 0) is 12.8 Å². The number of hydrogen-bond acceptors (Lipinski definition) is 2. The fourth-order valence-electron chi connectivity index (χ4n) is 2.43. The Balaban J connectivity index is 1.92. The molecule has 0 atom stereocenters. The van der Waals surface area contributed by atoms with E-state index >= 15 is 0 Å². The summed E-state index contributed by atoms with van der Waals surface area (Å²) in [7, 11) is 0. The number of rotatable bonds is 2. The van der Waals surface area contributed by atoms with Crippen molar-refractivity contribution in [1.82, 2.24) is 4.98 Å². The minimum Gasteiger partial charge on any atom is -0.325 e. The Morgan fingerprint density at radius 3 is 2.85 bits per heavy atom. The van der Waals surface area contributed by atoms with Gasteiger partial charge in [-0.25, -0.2) is 0 Å². The van der Waals surface area contributed by atoms with Gasteiger partial charge in [-0.3, -0.25) is 9.59 Å². The summed E-state index contributed by atoms with van der Waals surface area (Å²) in [4.78, 5) is 26.9. The smallest absolute Gasteiger partial charge is 0.261 e. The number of aromatic nitrogens is 1. The summed E-state index contributed by atoms with van der Waals surface area (Å²) in [5.74, 6) is -0.436. The van der Waals surface area contributed by atoms with Crippen LogP contribution in [0.25, 0.3) is 0 Å². The van der Waals surface area contributed by atoms with E-state index in [2.05, 4.69) is 10.3 Å². The highest BCUT2D eigenvalue weighted by Gasteiger charge is 2.18. The summed E-state index contributed by atoms with van der Waals surface area (Å²) >= 11 is 5.99. The van der Waals surface area contributed by atoms with Gasteiger partial charge in [0.15, 0.2) is 0 Å². The number of H-pyrrole nitrogens is 1. The van der Waals surface area contributed by atoms with Crippen LogP contribution in [0, 0.1) is 0 Å². The van der Waals surface area contributed by atoms with Crippen LogP contribution in [0.2, 0.25) is 5.02 Å². The normalized spacial score (nSPS) is 13.1. The third kappa shape index (κ3) is 2.34. The number of carbonyl (C=O) groups is 1. The molecule has 3 rings (SSSR count). The van der Waals surface area contributed by atoms with Crippen molar-refractivity contribution in [3.05, 3.63) is 62.5 Å². The lowest BCUT2D eigenvalue weighted by atomic mass is 10.1. The molecule has 5 heteroatoms. The Hall–Kier alpha value is -2.07. The van der Waals surface area contributed by atoms with Gasteiger partial charge in [0.2, 0.25) is 0 Å². The van der Waals surface area contributed by atoms with Crippen LogP contribution in [0.15, 0.2) is 35.1 Å². The maximum atomic E-state index is 12.2. The van der Waals surface area contributed by atoms with Crippen molar-refractivity contribution in [3.8, 4) is 0 Å². The van der Waals surface area contributed by atoms with Crippen LogP contribution in [0.5, 0.6) is 0 Å². The molecule has 1 amide bonds. The summed E-state index contributed by atoms with van der Waals surface area (Å²) in [6, 6.07) is 8.62. The van der Waals surface area contributed by atoms with Gasteiger partial charge in [-0.15, -0.1) is 0 Å². The Labute approximate surface area is 120 Å². The third-order valence-corrected chi connectivity index (χ3v) is 3.78. The van der Waals surface area contributed by atoms with Gasteiger partial charge in [-0.1, -0.05) is 23.7 Å². The molecule has 1 heterocycles. The molecule has 1 aromatic heterocycles. The summed E-state index contributed by atoms with van der Waals surface area (Å²) in [5, 5.41) is 3.11. The van der Waals surface area contributed by atoms with E-state index in [1.54, 1.807) is 30.3 Å². The van der Waals surface area contributed by atoms with E-state index in [-0.39, 0.29) is 11.1 Å². The third-order valence-electron chi connectivity index (χ3n) is 3.45. The van der Waals surface area contributed by atoms with Gasteiger partial charge in [-0.05, 0) is 43.0 Å². The minimum atomic E-state index is -0.436. The largest absolute Gasteiger partial charge is 0.325 e. The van der Waals surface area contributed by atoms with Crippen LogP contribution in [-0.4, -0.2) is 10.9 Å². The van der Waals surface area contributed by atoms with E-state index in [0.717, 1.165) is 30.5 Å². The topological polar surface area (TPSA) is 62.0 Å². The number of pyridine rings is 1. The van der Waals surface area contributed by atoms with Crippen molar-refractivity contribution in [2.45, 2.75) is 19.3 Å². The number of carbonyl (C=O) groups excluding carboxylic acids is 1. The van der Waals surface area contributed by atoms with Gasteiger partial charge >= 0.3 is 0 Å². The molecular weight excluding hydrogens is 276 g/mol. The second kappa shape index (κ2) is 5.13. The number of hydrogen-bond donors (Lipinski definition) is 2. The Morgan fingerprint density at radius 1 is 1.25 bits per heavy atom. The molecule has 1 aliphatic rings. The van der Waals surface area contributed by atoms with E-state index in [9.17, 15) is 9.59 Å². The molecule has 20 heavy (non-hydrogen) atoms. The predicted octanol–water partition coefficient (Wildman–Crippen LogP) is 2.77. The molecule has 0 saturated carbocycles. The van der Waals surface area contributed by atoms with Gasteiger partial charge < -0.3 is 10.3 Å². The van der Waals surface area contributed by atoms with Gasteiger partial charge in [0, 0.05) is 5.69 Å². The average Bonchev–Trinajstić information content (AvgIpc) is 2.87. The standard InChI is InChI=1S/C15H13ClN2O2/c16-11-5-1-2-6-13(11)18-15(20)10-8-9-4-3-7-12(9)17-14(10)19/h1-2,5-6,8H,3-4,7H2,(H,17,19)(H,18,20). The van der Waals surface area contributed by atoms with E-state index < -0.39 is 5.91 Å². The first kappa shape index (κ1) is 12.9. The summed E-state index contributed by atoms with van der Waals surface area (Å²) < 4.78 is 0. The molecule has 0 radical (unpaired) electrons. The lowest BCUT2D eigenvalue weighted by molar-refractivity contribution is 0.102. The second-order valence-electron chi connectivity index (χ2n) is 4.80. The Bertz CT molecular complexity index is 737. The zero-order chi connectivity index (χ0) is 14.1. The quantitative estimate of drug-likeness (QED) is 0.892. The highest BCUT2D eigenvalue weighted by atomic mass is 35.5. The summed E-state index contributed by atoms with van der Waals surface area (Å²) in [5.41, 5.74) is 2.28. The Kier molecular flexibility index (Phi) is 3.32. The monoisotopic (exact) mass is 288 g/mol. The number of anilines is 1. The summed E-state index contributed by atoms with van der Waals surface area (Å²) in [6.07, 6.45) is 2.79. The number of aromatic amines is 1. The molecule has 4 nitrogen and oxygen atoms in total. The van der Waals surface area contributed by atoms with Gasteiger partial charge in [0.1, 0.15) is 5.56 Å². The van der Waals surface area contributed by atoms with Crippen LogP contribution < -0.4 is 10.9 Å². The highest BCUT2D eigenvalue weighted by Crippen LogP contribution is 2.22. The fraction of sp³-hybridized carbons (Fsp3) is 0.200. The SMILES string of the molecule is O=C(Nc1ccccc1Cl)c1cc2c([nH]c1=O)CCC2. The van der Waals surface area contributed by atoms with Crippen molar-refractivity contribution in [2.75, 3.05) is 5.32 Å². The number of fused-ring (bicyclic) bond motifs is 1. The molecule has 2 aromatic rings. The van der Waals surface area contributed by atoms with E-state index in [1.165, 1.54) is 0 Å². The zero-order valence-corrected chi connectivity index (χ0v) is 11.5. The molecule has 102 valence electrons. The van der Waals surface area contributed by atoms with Crippen LogP contribution >= 0.6 is 11.6 Å². The molecule has 0 spiro atoms. The average molecular weight is 289 g/mol. The first-order valence-electron chi connectivity index (χ1n) is 6.46. The number of benzene rings is 1. The molecular formula is C15H13ClN2O2. The molecule has 2 N–H and O–H groups in total. The van der Waals surface area contributed by atoms with Gasteiger partial charge in [0.25, 0.3) is 11.5 Å². The second-order valence-corrected chi connectivity index (χ2v) is 5.21. The molecule has 0 aliphatic heterocycles. The van der Waals surface area contributed by atoms with Crippen LogP contribution in [0.4, 0.5) is 5.69 Å². The van der Waals surface area contributed by atoms with E-state index in [4.69, 9.17) is 11.6 Å². The van der Waals surface area contributed by atoms with Gasteiger partial charge in [-0.2, -0.15) is 0 Å². The number of halogens is 1. The first-order valence-corrected chi connectivity index (χ1v) is 6.84. The van der Waals surface area contributed by atoms with Crippen molar-refractivity contribution < 1.29 is 4.79 Å². The zero-order valence-electron chi connectivity index (χ0n) is 10.7. The fourth-order valence-corrected chi connectivity index (χ4v) is 2.62. The van der Waals surface area contributed by atoms with Crippen molar-refractivity contribution in [1.29, 1.82) is 0 Å². The van der Waals surface area contributed by atoms with Crippen LogP contribution in [0.1, 0.15) is 28.0 Å². The number of amides is 1. The van der Waals surface area contributed by atoms with Crippen molar-refractivity contribution in [2.24, 2.45) is 0 Å². The molecule has 0 fully saturated rings. The maximum Gasteiger partial charge on any atom is 0.261 e. The number of para-hydroxylation sites is 1. The lowest BCUT2D eigenvalue weighted by Gasteiger charge is -2.07. The van der Waals surface area contributed by atoms with Gasteiger partial charge in [0.05, 0.1) is 10.7 Å². The maximum absolute atomic E-state index is 12.2. The predicted molar refractivity (Wildman–Crippen MR) is 78.5 cm³/mol. The van der Waals surface area contributed by atoms with Crippen molar-refractivity contribution in [3.63, 3.8) is 0 Å². The Morgan fingerprint density at radius 2 is 2.05 bits per heavy atom. The minimum absolute atomic E-state index is 0.130. The molecule has 0 bridgehead atoms. The molecule has 0 unspecified atom stereocenters.